The number of halogens is 1. The second-order valence-corrected chi connectivity index (χ2v) is 8.01. The van der Waals surface area contributed by atoms with E-state index in [-0.39, 0.29) is 38.5 Å². The number of carbonyl (C=O) groups is 3. The number of amides is 1. The molecule has 9 nitrogen and oxygen atoms in total. The molecule has 0 spiro atoms. The molecule has 3 rings (SSSR count). The molecule has 3 N–H and O–H groups in total. The highest BCUT2D eigenvalue weighted by molar-refractivity contribution is 5.86. The van der Waals surface area contributed by atoms with Gasteiger partial charge in [0.15, 0.2) is 0 Å². The van der Waals surface area contributed by atoms with Crippen molar-refractivity contribution < 1.29 is 33.7 Å². The Morgan fingerprint density at radius 2 is 1.51 bits per heavy atom. The summed E-state index contributed by atoms with van der Waals surface area (Å²) in [6.07, 6.45) is -1.34. The van der Waals surface area contributed by atoms with Gasteiger partial charge in [-0.3, -0.25) is 4.79 Å². The van der Waals surface area contributed by atoms with Crippen LogP contribution in [0, 0.1) is 0 Å². The van der Waals surface area contributed by atoms with Gasteiger partial charge in [-0.2, -0.15) is 0 Å². The number of ether oxygens (including phenoxy) is 3. The molecule has 0 aromatic heterocycles. The molecule has 0 saturated carbocycles. The van der Waals surface area contributed by atoms with Crippen molar-refractivity contribution in [2.75, 3.05) is 19.6 Å². The van der Waals surface area contributed by atoms with Crippen LogP contribution in [0.3, 0.4) is 0 Å². The van der Waals surface area contributed by atoms with Gasteiger partial charge >= 0.3 is 18.0 Å². The van der Waals surface area contributed by atoms with Crippen LogP contribution in [0.1, 0.15) is 37.3 Å². The Morgan fingerprint density at radius 3 is 2.00 bits per heavy atom. The number of rotatable bonds is 8. The van der Waals surface area contributed by atoms with Gasteiger partial charge in [-0.25, -0.2) is 9.59 Å². The topological polar surface area (TPSA) is 128 Å². The van der Waals surface area contributed by atoms with Gasteiger partial charge in [0, 0.05) is 39.4 Å². The van der Waals surface area contributed by atoms with Crippen molar-refractivity contribution in [2.24, 2.45) is 5.73 Å². The first kappa shape index (κ1) is 28.1. The van der Waals surface area contributed by atoms with Crippen LogP contribution in [0.15, 0.2) is 60.7 Å². The van der Waals surface area contributed by atoms with Crippen LogP contribution < -0.4 is 5.73 Å². The van der Waals surface area contributed by atoms with Crippen LogP contribution in [-0.4, -0.2) is 60.1 Å². The quantitative estimate of drug-likeness (QED) is 0.413. The highest BCUT2D eigenvalue weighted by Gasteiger charge is 2.43. The number of hydrogen-bond donors (Lipinski definition) is 2. The molecule has 1 amide bonds. The second kappa shape index (κ2) is 13.1. The maximum absolute atomic E-state index is 13.2. The number of carbonyl (C=O) groups excluding carboxylic acids is 3. The van der Waals surface area contributed by atoms with Gasteiger partial charge < -0.3 is 30.0 Å². The minimum atomic E-state index is -1.96. The molecule has 0 radical (unpaired) electrons. The van der Waals surface area contributed by atoms with E-state index in [2.05, 4.69) is 0 Å². The number of likely N-dealkylation sites (tertiary alicyclic amines) is 1. The number of esters is 2. The van der Waals surface area contributed by atoms with Crippen LogP contribution in [-0.2, 0) is 29.4 Å². The van der Waals surface area contributed by atoms with Crippen LogP contribution in [0.4, 0.5) is 4.79 Å². The number of aliphatic hydroxyl groups is 1. The summed E-state index contributed by atoms with van der Waals surface area (Å²) >= 11 is 0. The summed E-state index contributed by atoms with van der Waals surface area (Å²) in [6.45, 7) is 2.18. The fourth-order valence-electron chi connectivity index (χ4n) is 3.76. The first-order valence-corrected chi connectivity index (χ1v) is 11.2. The fraction of sp³-hybridized carbons (Fsp3) is 0.400. The molecule has 1 atom stereocenters. The Bertz CT molecular complexity index is 927. The summed E-state index contributed by atoms with van der Waals surface area (Å²) in [4.78, 5) is 38.5. The maximum Gasteiger partial charge on any atom is 0.412 e. The first-order chi connectivity index (χ1) is 16.3. The van der Waals surface area contributed by atoms with Crippen LogP contribution >= 0.6 is 12.4 Å². The van der Waals surface area contributed by atoms with Crippen LogP contribution in [0.5, 0.6) is 0 Å². The van der Waals surface area contributed by atoms with E-state index < -0.39 is 36.0 Å². The van der Waals surface area contributed by atoms with E-state index in [1.165, 1.54) is 11.8 Å². The van der Waals surface area contributed by atoms with Crippen molar-refractivity contribution in [3.05, 3.63) is 71.8 Å². The average molecular weight is 507 g/mol. The summed E-state index contributed by atoms with van der Waals surface area (Å²) in [6, 6.07) is 17.3. The summed E-state index contributed by atoms with van der Waals surface area (Å²) in [5.74, 6) is -1.32. The predicted octanol–water partition coefficient (Wildman–Crippen LogP) is 2.73. The number of nitrogens with zero attached hydrogens (tertiary/aromatic N) is 1. The fourth-order valence-corrected chi connectivity index (χ4v) is 3.76. The molecule has 1 fully saturated rings. The Kier molecular flexibility index (Phi) is 10.5. The zero-order chi connectivity index (χ0) is 24.6. The highest BCUT2D eigenvalue weighted by atomic mass is 35.5. The summed E-state index contributed by atoms with van der Waals surface area (Å²) in [7, 11) is 0. The molecule has 2 aromatic carbocycles. The molecule has 1 saturated heterocycles. The Balaban J connectivity index is 0.00000432. The number of piperidine rings is 1. The van der Waals surface area contributed by atoms with E-state index in [9.17, 15) is 19.5 Å². The smallest absolute Gasteiger partial charge is 0.412 e. The van der Waals surface area contributed by atoms with Crippen LogP contribution in [0.2, 0.25) is 0 Å². The van der Waals surface area contributed by atoms with Gasteiger partial charge in [-0.1, -0.05) is 60.7 Å². The molecule has 1 aliphatic rings. The number of benzene rings is 2. The van der Waals surface area contributed by atoms with Crippen molar-refractivity contribution in [1.82, 2.24) is 4.90 Å². The lowest BCUT2D eigenvalue weighted by Crippen LogP contribution is -2.45. The van der Waals surface area contributed by atoms with Gasteiger partial charge in [0.1, 0.15) is 6.10 Å². The molecule has 1 unspecified atom stereocenters. The molecule has 190 valence electrons. The van der Waals surface area contributed by atoms with E-state index in [4.69, 9.17) is 19.9 Å². The standard InChI is InChI=1S/C25H30N2O7.ClH/c1-18(32-22(28)12-15-26)33-24(30)27-16-13-21(14-17-27)34-23(29)25(31,19-8-4-2-5-9-19)20-10-6-3-7-11-20;/h2-11,18,21,31H,12-17,26H2,1H3;1H. The van der Waals surface area contributed by atoms with Gasteiger partial charge in [-0.05, 0) is 11.1 Å². The summed E-state index contributed by atoms with van der Waals surface area (Å²) in [5, 5.41) is 11.5. The lowest BCUT2D eigenvalue weighted by molar-refractivity contribution is -0.170. The molecule has 0 bridgehead atoms. The number of nitrogens with two attached hydrogens (primary N) is 1. The van der Waals surface area contributed by atoms with E-state index in [1.807, 2.05) is 0 Å². The Morgan fingerprint density at radius 1 is 1.00 bits per heavy atom. The van der Waals surface area contributed by atoms with Gasteiger partial charge in [0.25, 0.3) is 0 Å². The monoisotopic (exact) mass is 506 g/mol. The third-order valence-electron chi connectivity index (χ3n) is 5.57. The molecule has 1 aliphatic heterocycles. The van der Waals surface area contributed by atoms with E-state index in [0.717, 1.165) is 0 Å². The van der Waals surface area contributed by atoms with Crippen molar-refractivity contribution in [1.29, 1.82) is 0 Å². The normalized spacial score (nSPS) is 14.9. The van der Waals surface area contributed by atoms with Crippen molar-refractivity contribution >= 4 is 30.4 Å². The first-order valence-electron chi connectivity index (χ1n) is 11.2. The SMILES string of the molecule is CC(OC(=O)CCN)OC(=O)N1CCC(OC(=O)C(O)(c2ccccc2)c2ccccc2)CC1.Cl. The third kappa shape index (κ3) is 7.17. The molecule has 1 heterocycles. The Labute approximate surface area is 210 Å². The largest absolute Gasteiger partial charge is 0.460 e. The molecule has 10 heteroatoms. The molecule has 35 heavy (non-hydrogen) atoms. The van der Waals surface area contributed by atoms with Crippen molar-refractivity contribution in [3.63, 3.8) is 0 Å². The number of hydrogen-bond acceptors (Lipinski definition) is 8. The van der Waals surface area contributed by atoms with Crippen LogP contribution in [0.25, 0.3) is 0 Å². The lowest BCUT2D eigenvalue weighted by atomic mass is 9.86. The minimum Gasteiger partial charge on any atom is -0.460 e. The van der Waals surface area contributed by atoms with E-state index >= 15 is 0 Å². The predicted molar refractivity (Wildman–Crippen MR) is 130 cm³/mol. The second-order valence-electron chi connectivity index (χ2n) is 8.01. The minimum absolute atomic E-state index is 0. The Hall–Kier alpha value is -3.14. The van der Waals surface area contributed by atoms with Crippen molar-refractivity contribution in [3.8, 4) is 0 Å². The zero-order valence-electron chi connectivity index (χ0n) is 19.5. The van der Waals surface area contributed by atoms with Gasteiger partial charge in [0.2, 0.25) is 11.9 Å². The third-order valence-corrected chi connectivity index (χ3v) is 5.57. The zero-order valence-corrected chi connectivity index (χ0v) is 20.3. The molecule has 0 aliphatic carbocycles. The van der Waals surface area contributed by atoms with E-state index in [0.29, 0.717) is 24.0 Å². The summed E-state index contributed by atoms with van der Waals surface area (Å²) in [5.41, 5.74) is 4.15. The highest BCUT2D eigenvalue weighted by Crippen LogP contribution is 2.32. The van der Waals surface area contributed by atoms with Gasteiger partial charge in [-0.15, -0.1) is 12.4 Å². The van der Waals surface area contributed by atoms with Crippen molar-refractivity contribution in [2.45, 2.75) is 44.2 Å². The van der Waals surface area contributed by atoms with Gasteiger partial charge in [0.05, 0.1) is 6.42 Å². The average Bonchev–Trinajstić information content (AvgIpc) is 2.85. The molecule has 2 aromatic rings. The van der Waals surface area contributed by atoms with E-state index in [1.54, 1.807) is 60.7 Å². The molecular weight excluding hydrogens is 476 g/mol. The summed E-state index contributed by atoms with van der Waals surface area (Å²) < 4.78 is 15.8. The lowest BCUT2D eigenvalue weighted by Gasteiger charge is -2.34. The molecular formula is C25H31ClN2O7. The maximum atomic E-state index is 13.2.